The molecule has 2 saturated heterocycles. The molecule has 1 amide bonds. The standard InChI is InChI=1S/C17H26BN3O5S/c1-12(22)21-8-6-7-14(11-21)27(23,24)15-19-9-13(10-20-15)18-25-16(2,3)17(4,5)26-18/h9-10,14H,6-8,11H2,1-5H3/t14-/m1/s1. The monoisotopic (exact) mass is 395 g/mol. The SMILES string of the molecule is CC(=O)N1CCC[C@@H](S(=O)(=O)c2ncc(B3OC(C)(C)C(C)(C)O3)cn2)C1. The van der Waals surface area contributed by atoms with E-state index in [9.17, 15) is 13.2 Å². The summed E-state index contributed by atoms with van der Waals surface area (Å²) in [6.07, 6.45) is 4.02. The van der Waals surface area contributed by atoms with E-state index < -0.39 is 33.4 Å². The number of carbonyl (C=O) groups excluding carboxylic acids is 1. The van der Waals surface area contributed by atoms with E-state index in [2.05, 4.69) is 9.97 Å². The van der Waals surface area contributed by atoms with Gasteiger partial charge < -0.3 is 14.2 Å². The fourth-order valence-electron chi connectivity index (χ4n) is 3.20. The van der Waals surface area contributed by atoms with Crippen molar-refractivity contribution in [1.82, 2.24) is 14.9 Å². The lowest BCUT2D eigenvalue weighted by molar-refractivity contribution is -0.129. The first kappa shape index (κ1) is 20.2. The summed E-state index contributed by atoms with van der Waals surface area (Å²) >= 11 is 0. The van der Waals surface area contributed by atoms with E-state index in [-0.39, 0.29) is 17.6 Å². The van der Waals surface area contributed by atoms with Gasteiger partial charge in [0.1, 0.15) is 0 Å². The number of rotatable bonds is 3. The molecule has 27 heavy (non-hydrogen) atoms. The van der Waals surface area contributed by atoms with Gasteiger partial charge in [0.2, 0.25) is 20.9 Å². The van der Waals surface area contributed by atoms with Crippen molar-refractivity contribution in [3.63, 3.8) is 0 Å². The van der Waals surface area contributed by atoms with Crippen LogP contribution in [0.15, 0.2) is 17.6 Å². The third-order valence-corrected chi connectivity index (χ3v) is 7.67. The molecule has 2 aliphatic rings. The van der Waals surface area contributed by atoms with Crippen molar-refractivity contribution in [2.24, 2.45) is 0 Å². The molecule has 1 atom stereocenters. The molecule has 148 valence electrons. The van der Waals surface area contributed by atoms with E-state index in [4.69, 9.17) is 9.31 Å². The van der Waals surface area contributed by atoms with Gasteiger partial charge in [-0.15, -0.1) is 0 Å². The van der Waals surface area contributed by atoms with Crippen LogP contribution in [0.1, 0.15) is 47.5 Å². The smallest absolute Gasteiger partial charge is 0.399 e. The number of hydrogen-bond acceptors (Lipinski definition) is 7. The Morgan fingerprint density at radius 1 is 1.19 bits per heavy atom. The van der Waals surface area contributed by atoms with E-state index in [0.717, 1.165) is 0 Å². The normalized spacial score (nSPS) is 24.9. The topological polar surface area (TPSA) is 98.7 Å². The molecule has 0 spiro atoms. The molecule has 3 rings (SSSR count). The van der Waals surface area contributed by atoms with Crippen molar-refractivity contribution >= 4 is 28.3 Å². The highest BCUT2D eigenvalue weighted by Gasteiger charge is 2.52. The first-order valence-corrected chi connectivity index (χ1v) is 10.7. The molecular formula is C17H26BN3O5S. The van der Waals surface area contributed by atoms with E-state index in [1.54, 1.807) is 4.90 Å². The van der Waals surface area contributed by atoms with Crippen LogP contribution in [0.4, 0.5) is 0 Å². The van der Waals surface area contributed by atoms with Gasteiger partial charge in [0.05, 0.1) is 16.5 Å². The minimum Gasteiger partial charge on any atom is -0.399 e. The average Bonchev–Trinajstić information content (AvgIpc) is 2.83. The van der Waals surface area contributed by atoms with Crippen LogP contribution in [0.3, 0.4) is 0 Å². The van der Waals surface area contributed by atoms with Gasteiger partial charge in [-0.05, 0) is 40.5 Å². The molecule has 0 unspecified atom stereocenters. The van der Waals surface area contributed by atoms with Gasteiger partial charge in [0.15, 0.2) is 0 Å². The maximum Gasteiger partial charge on any atom is 0.498 e. The Kier molecular flexibility index (Phi) is 5.11. The summed E-state index contributed by atoms with van der Waals surface area (Å²) in [6, 6.07) is 0. The quantitative estimate of drug-likeness (QED) is 0.545. The molecule has 10 heteroatoms. The molecule has 0 saturated carbocycles. The van der Waals surface area contributed by atoms with Crippen LogP contribution < -0.4 is 5.46 Å². The molecule has 2 aliphatic heterocycles. The Labute approximate surface area is 160 Å². The lowest BCUT2D eigenvalue weighted by atomic mass is 9.81. The Hall–Kier alpha value is -1.52. The maximum atomic E-state index is 12.9. The fourth-order valence-corrected chi connectivity index (χ4v) is 4.75. The Morgan fingerprint density at radius 2 is 1.74 bits per heavy atom. The number of hydrogen-bond donors (Lipinski definition) is 0. The molecule has 8 nitrogen and oxygen atoms in total. The lowest BCUT2D eigenvalue weighted by Crippen LogP contribution is -2.44. The predicted molar refractivity (Wildman–Crippen MR) is 100 cm³/mol. The van der Waals surface area contributed by atoms with Crippen molar-refractivity contribution in [1.29, 1.82) is 0 Å². The zero-order valence-corrected chi connectivity index (χ0v) is 17.2. The van der Waals surface area contributed by atoms with E-state index in [1.165, 1.54) is 19.3 Å². The summed E-state index contributed by atoms with van der Waals surface area (Å²) in [5, 5.41) is -0.906. The summed E-state index contributed by atoms with van der Waals surface area (Å²) < 4.78 is 37.6. The highest BCUT2D eigenvalue weighted by molar-refractivity contribution is 7.91. The third kappa shape index (κ3) is 3.75. The van der Waals surface area contributed by atoms with Crippen LogP contribution in [-0.2, 0) is 23.9 Å². The van der Waals surface area contributed by atoms with Crippen molar-refractivity contribution in [2.75, 3.05) is 13.1 Å². The van der Waals surface area contributed by atoms with Crippen LogP contribution in [0.5, 0.6) is 0 Å². The zero-order chi connectivity index (χ0) is 20.0. The van der Waals surface area contributed by atoms with Crippen molar-refractivity contribution in [2.45, 2.75) is 69.1 Å². The van der Waals surface area contributed by atoms with E-state index in [1.807, 2.05) is 27.7 Å². The number of piperidine rings is 1. The second-order valence-electron chi connectivity index (χ2n) is 8.16. The summed E-state index contributed by atoms with van der Waals surface area (Å²) in [5.41, 5.74) is -0.428. The largest absolute Gasteiger partial charge is 0.498 e. The van der Waals surface area contributed by atoms with Gasteiger partial charge in [0.25, 0.3) is 0 Å². The molecule has 1 aromatic rings. The third-order valence-electron chi connectivity index (χ3n) is 5.69. The first-order valence-electron chi connectivity index (χ1n) is 9.11. The average molecular weight is 395 g/mol. The number of amides is 1. The van der Waals surface area contributed by atoms with Gasteiger partial charge in [-0.25, -0.2) is 18.4 Å². The molecule has 0 aromatic carbocycles. The van der Waals surface area contributed by atoms with Crippen LogP contribution in [0, 0.1) is 0 Å². The molecule has 2 fully saturated rings. The minimum absolute atomic E-state index is 0.119. The fraction of sp³-hybridized carbons (Fsp3) is 0.706. The Balaban J connectivity index is 1.78. The second-order valence-corrected chi connectivity index (χ2v) is 10.3. The van der Waals surface area contributed by atoms with E-state index in [0.29, 0.717) is 24.8 Å². The maximum absolute atomic E-state index is 12.9. The molecule has 0 N–H and O–H groups in total. The van der Waals surface area contributed by atoms with Crippen molar-refractivity contribution in [3.05, 3.63) is 12.4 Å². The second kappa shape index (κ2) is 6.82. The van der Waals surface area contributed by atoms with Crippen LogP contribution >= 0.6 is 0 Å². The number of aromatic nitrogens is 2. The van der Waals surface area contributed by atoms with Gasteiger partial charge in [-0.1, -0.05) is 0 Å². The lowest BCUT2D eigenvalue weighted by Gasteiger charge is -2.32. The molecule has 0 radical (unpaired) electrons. The van der Waals surface area contributed by atoms with Gasteiger partial charge in [-0.2, -0.15) is 0 Å². The highest BCUT2D eigenvalue weighted by Crippen LogP contribution is 2.36. The highest BCUT2D eigenvalue weighted by atomic mass is 32.2. The van der Waals surface area contributed by atoms with Crippen molar-refractivity contribution < 1.29 is 22.5 Å². The molecule has 1 aromatic heterocycles. The number of likely N-dealkylation sites (tertiary alicyclic amines) is 1. The Bertz CT molecular complexity index is 809. The summed E-state index contributed by atoms with van der Waals surface area (Å²) in [5.74, 6) is -0.119. The van der Waals surface area contributed by atoms with Gasteiger partial charge in [-0.3, -0.25) is 4.79 Å². The predicted octanol–water partition coefficient (Wildman–Crippen LogP) is 0.560. The van der Waals surface area contributed by atoms with Gasteiger partial charge >= 0.3 is 7.12 Å². The summed E-state index contributed by atoms with van der Waals surface area (Å²) in [7, 11) is -4.36. The zero-order valence-electron chi connectivity index (χ0n) is 16.4. The Morgan fingerprint density at radius 3 is 2.26 bits per heavy atom. The number of carbonyl (C=O) groups is 1. The molecule has 3 heterocycles. The number of sulfone groups is 1. The minimum atomic E-state index is -3.71. The summed E-state index contributed by atoms with van der Waals surface area (Å²) in [6.45, 7) is 9.98. The molecule has 0 aliphatic carbocycles. The van der Waals surface area contributed by atoms with E-state index >= 15 is 0 Å². The van der Waals surface area contributed by atoms with Gasteiger partial charge in [0, 0.05) is 37.9 Å². The molecular weight excluding hydrogens is 369 g/mol. The summed E-state index contributed by atoms with van der Waals surface area (Å²) in [4.78, 5) is 21.3. The number of nitrogens with zero attached hydrogens (tertiary/aromatic N) is 3. The van der Waals surface area contributed by atoms with Crippen LogP contribution in [0.25, 0.3) is 0 Å². The molecule has 0 bridgehead atoms. The van der Waals surface area contributed by atoms with Crippen LogP contribution in [-0.4, -0.2) is 65.9 Å². The van der Waals surface area contributed by atoms with Crippen LogP contribution in [0.2, 0.25) is 0 Å². The van der Waals surface area contributed by atoms with Crippen molar-refractivity contribution in [3.8, 4) is 0 Å². The first-order chi connectivity index (χ1) is 12.4.